The van der Waals surface area contributed by atoms with Gasteiger partial charge in [-0.3, -0.25) is 9.89 Å². The number of fused-ring (bicyclic) bond motifs is 1. The molecule has 114 valence electrons. The number of aromatic nitrogens is 4. The molecule has 1 aromatic carbocycles. The Balaban J connectivity index is 2.07. The number of hydrogen-bond donors (Lipinski definition) is 2. The third-order valence-electron chi connectivity index (χ3n) is 3.90. The molecule has 0 saturated carbocycles. The molecule has 0 aliphatic rings. The van der Waals surface area contributed by atoms with Crippen molar-refractivity contribution in [2.75, 3.05) is 0 Å². The minimum atomic E-state index is -0.163. The second-order valence-electron chi connectivity index (χ2n) is 6.11. The summed E-state index contributed by atoms with van der Waals surface area (Å²) < 4.78 is 0. The van der Waals surface area contributed by atoms with Crippen LogP contribution in [0.2, 0.25) is 0 Å². The summed E-state index contributed by atoms with van der Waals surface area (Å²) in [5.41, 5.74) is 5.41. The molecule has 0 bridgehead atoms. The SMILES string of the molecule is Cc1ccc(Cc2nc3c(C(C)C)n[nH]c3c(=O)[nH]2)c(C)c1. The third-order valence-corrected chi connectivity index (χ3v) is 3.90. The van der Waals surface area contributed by atoms with E-state index in [1.165, 1.54) is 16.7 Å². The van der Waals surface area contributed by atoms with Crippen LogP contribution in [0.1, 0.15) is 48.0 Å². The van der Waals surface area contributed by atoms with E-state index >= 15 is 0 Å². The molecule has 0 fully saturated rings. The van der Waals surface area contributed by atoms with Crippen molar-refractivity contribution in [3.63, 3.8) is 0 Å². The number of rotatable bonds is 3. The van der Waals surface area contributed by atoms with E-state index in [1.807, 2.05) is 13.8 Å². The smallest absolute Gasteiger partial charge is 0.276 e. The first-order valence-corrected chi connectivity index (χ1v) is 7.49. The lowest BCUT2D eigenvalue weighted by molar-refractivity contribution is 0.814. The molecule has 0 spiro atoms. The number of aromatic amines is 2. The van der Waals surface area contributed by atoms with Gasteiger partial charge in [-0.15, -0.1) is 0 Å². The van der Waals surface area contributed by atoms with Crippen molar-refractivity contribution in [1.82, 2.24) is 20.2 Å². The zero-order chi connectivity index (χ0) is 15.9. The van der Waals surface area contributed by atoms with Gasteiger partial charge in [-0.1, -0.05) is 37.6 Å². The lowest BCUT2D eigenvalue weighted by Crippen LogP contribution is -2.12. The summed E-state index contributed by atoms with van der Waals surface area (Å²) in [6.07, 6.45) is 0.611. The van der Waals surface area contributed by atoms with Crippen molar-refractivity contribution in [1.29, 1.82) is 0 Å². The van der Waals surface area contributed by atoms with E-state index in [-0.39, 0.29) is 11.5 Å². The predicted octanol–water partition coefficient (Wildman–Crippen LogP) is 2.98. The summed E-state index contributed by atoms with van der Waals surface area (Å²) in [7, 11) is 0. The molecule has 2 aromatic heterocycles. The maximum absolute atomic E-state index is 12.2. The van der Waals surface area contributed by atoms with E-state index in [0.29, 0.717) is 23.3 Å². The highest BCUT2D eigenvalue weighted by Crippen LogP contribution is 2.20. The molecule has 5 heteroatoms. The topological polar surface area (TPSA) is 74.4 Å². The molecule has 3 rings (SSSR count). The van der Waals surface area contributed by atoms with Crippen molar-refractivity contribution in [3.8, 4) is 0 Å². The number of nitrogens with zero attached hydrogens (tertiary/aromatic N) is 2. The predicted molar refractivity (Wildman–Crippen MR) is 87.3 cm³/mol. The highest BCUT2D eigenvalue weighted by Gasteiger charge is 2.15. The molecule has 0 saturated heterocycles. The van der Waals surface area contributed by atoms with E-state index < -0.39 is 0 Å². The van der Waals surface area contributed by atoms with Gasteiger partial charge in [0.25, 0.3) is 5.56 Å². The van der Waals surface area contributed by atoms with Crippen molar-refractivity contribution in [3.05, 3.63) is 56.8 Å². The second kappa shape index (κ2) is 5.40. The number of benzene rings is 1. The molecule has 2 N–H and O–H groups in total. The average Bonchev–Trinajstić information content (AvgIpc) is 2.86. The molecule has 5 nitrogen and oxygen atoms in total. The van der Waals surface area contributed by atoms with Crippen LogP contribution in [0.5, 0.6) is 0 Å². The van der Waals surface area contributed by atoms with Crippen LogP contribution in [0.15, 0.2) is 23.0 Å². The van der Waals surface area contributed by atoms with E-state index in [2.05, 4.69) is 52.2 Å². The molecule has 2 heterocycles. The van der Waals surface area contributed by atoms with Gasteiger partial charge >= 0.3 is 0 Å². The van der Waals surface area contributed by atoms with Gasteiger partial charge < -0.3 is 4.98 Å². The standard InChI is InChI=1S/C17H20N4O/c1-9(2)14-15-16(21-20-14)17(22)19-13(18-15)8-12-6-5-10(3)7-11(12)4/h5-7,9H,8H2,1-4H3,(H,20,21)(H,18,19,22). The monoisotopic (exact) mass is 296 g/mol. The first kappa shape index (κ1) is 14.5. The van der Waals surface area contributed by atoms with Gasteiger partial charge in [-0.2, -0.15) is 5.10 Å². The molecule has 0 atom stereocenters. The summed E-state index contributed by atoms with van der Waals surface area (Å²) in [5.74, 6) is 0.893. The summed E-state index contributed by atoms with van der Waals surface area (Å²) >= 11 is 0. The number of aryl methyl sites for hydroxylation is 2. The Morgan fingerprint density at radius 1 is 1.23 bits per heavy atom. The van der Waals surface area contributed by atoms with Crippen LogP contribution in [0, 0.1) is 13.8 Å². The Kier molecular flexibility index (Phi) is 3.56. The molecular weight excluding hydrogens is 276 g/mol. The lowest BCUT2D eigenvalue weighted by atomic mass is 10.0. The Morgan fingerprint density at radius 2 is 2.00 bits per heavy atom. The fraction of sp³-hybridized carbons (Fsp3) is 0.353. The highest BCUT2D eigenvalue weighted by molar-refractivity contribution is 5.76. The Labute approximate surface area is 128 Å². The van der Waals surface area contributed by atoms with Crippen LogP contribution < -0.4 is 5.56 Å². The van der Waals surface area contributed by atoms with Crippen LogP contribution in [-0.2, 0) is 6.42 Å². The van der Waals surface area contributed by atoms with Crippen molar-refractivity contribution >= 4 is 11.0 Å². The summed E-state index contributed by atoms with van der Waals surface area (Å²) in [6, 6.07) is 6.31. The van der Waals surface area contributed by atoms with E-state index in [0.717, 1.165) is 5.69 Å². The normalized spacial score (nSPS) is 11.5. The van der Waals surface area contributed by atoms with Crippen molar-refractivity contribution in [2.24, 2.45) is 0 Å². The van der Waals surface area contributed by atoms with Crippen LogP contribution in [0.4, 0.5) is 0 Å². The molecular formula is C17H20N4O. The molecule has 22 heavy (non-hydrogen) atoms. The molecule has 3 aromatic rings. The zero-order valence-electron chi connectivity index (χ0n) is 13.3. The van der Waals surface area contributed by atoms with Crippen molar-refractivity contribution < 1.29 is 0 Å². The van der Waals surface area contributed by atoms with E-state index in [1.54, 1.807) is 0 Å². The van der Waals surface area contributed by atoms with Gasteiger partial charge in [0.2, 0.25) is 0 Å². The number of H-pyrrole nitrogens is 2. The van der Waals surface area contributed by atoms with Crippen LogP contribution in [-0.4, -0.2) is 20.2 Å². The van der Waals surface area contributed by atoms with Gasteiger partial charge in [-0.05, 0) is 30.9 Å². The van der Waals surface area contributed by atoms with Gasteiger partial charge in [0, 0.05) is 6.42 Å². The maximum atomic E-state index is 12.2. The molecule has 0 aliphatic carbocycles. The summed E-state index contributed by atoms with van der Waals surface area (Å²) in [5, 5.41) is 7.02. The Bertz CT molecular complexity index is 889. The minimum absolute atomic E-state index is 0.163. The molecule has 0 unspecified atom stereocenters. The van der Waals surface area contributed by atoms with Gasteiger partial charge in [0.05, 0.1) is 5.69 Å². The highest BCUT2D eigenvalue weighted by atomic mass is 16.1. The number of nitrogens with one attached hydrogen (secondary N) is 2. The molecule has 0 radical (unpaired) electrons. The van der Waals surface area contributed by atoms with E-state index in [4.69, 9.17) is 0 Å². The minimum Gasteiger partial charge on any atom is -0.308 e. The van der Waals surface area contributed by atoms with E-state index in [9.17, 15) is 4.79 Å². The Hall–Kier alpha value is -2.43. The quantitative estimate of drug-likeness (QED) is 0.780. The molecule has 0 aliphatic heterocycles. The maximum Gasteiger partial charge on any atom is 0.276 e. The zero-order valence-corrected chi connectivity index (χ0v) is 13.3. The number of hydrogen-bond acceptors (Lipinski definition) is 3. The average molecular weight is 296 g/mol. The van der Waals surface area contributed by atoms with Crippen LogP contribution in [0.25, 0.3) is 11.0 Å². The van der Waals surface area contributed by atoms with Crippen LogP contribution >= 0.6 is 0 Å². The fourth-order valence-electron chi connectivity index (χ4n) is 2.69. The third kappa shape index (κ3) is 2.54. The lowest BCUT2D eigenvalue weighted by Gasteiger charge is -2.07. The van der Waals surface area contributed by atoms with Gasteiger partial charge in [0.15, 0.2) is 0 Å². The fourth-order valence-corrected chi connectivity index (χ4v) is 2.69. The molecule has 0 amide bonds. The second-order valence-corrected chi connectivity index (χ2v) is 6.11. The summed E-state index contributed by atoms with van der Waals surface area (Å²) in [4.78, 5) is 19.7. The van der Waals surface area contributed by atoms with Crippen molar-refractivity contribution in [2.45, 2.75) is 40.0 Å². The van der Waals surface area contributed by atoms with Crippen LogP contribution in [0.3, 0.4) is 0 Å². The Morgan fingerprint density at radius 3 is 2.68 bits per heavy atom. The van der Waals surface area contributed by atoms with Gasteiger partial charge in [-0.25, -0.2) is 4.98 Å². The first-order valence-electron chi connectivity index (χ1n) is 7.49. The largest absolute Gasteiger partial charge is 0.308 e. The van der Waals surface area contributed by atoms with Gasteiger partial charge in [0.1, 0.15) is 16.9 Å². The first-order chi connectivity index (χ1) is 10.5. The summed E-state index contributed by atoms with van der Waals surface area (Å²) in [6.45, 7) is 8.24.